The first-order valence-corrected chi connectivity index (χ1v) is 8.10. The number of ether oxygens (including phenoxy) is 2. The fourth-order valence-electron chi connectivity index (χ4n) is 2.85. The Morgan fingerprint density at radius 2 is 1.50 bits per heavy atom. The molecule has 0 saturated carbocycles. The molecule has 0 saturated heterocycles. The van der Waals surface area contributed by atoms with Crippen LogP contribution in [0, 0.1) is 5.92 Å². The van der Waals surface area contributed by atoms with Gasteiger partial charge < -0.3 is 9.47 Å². The molecule has 0 aromatic heterocycles. The molecular formula is C17H36BO2. The quantitative estimate of drug-likeness (QED) is 0.531. The fraction of sp³-hybridized carbons (Fsp3) is 1.00. The summed E-state index contributed by atoms with van der Waals surface area (Å²) in [4.78, 5) is 0. The van der Waals surface area contributed by atoms with Crippen molar-refractivity contribution in [1.82, 2.24) is 0 Å². The average molecular weight is 283 g/mol. The van der Waals surface area contributed by atoms with Gasteiger partial charge in [0.05, 0.1) is 12.2 Å². The Morgan fingerprint density at radius 3 is 1.95 bits per heavy atom. The van der Waals surface area contributed by atoms with Crippen LogP contribution in [0.1, 0.15) is 75.2 Å². The van der Waals surface area contributed by atoms with Crippen LogP contribution in [0.4, 0.5) is 0 Å². The molecule has 20 heavy (non-hydrogen) atoms. The molecule has 3 heteroatoms. The van der Waals surface area contributed by atoms with Gasteiger partial charge >= 0.3 is 0 Å². The molecule has 0 bridgehead atoms. The highest BCUT2D eigenvalue weighted by Gasteiger charge is 2.32. The van der Waals surface area contributed by atoms with E-state index < -0.39 is 0 Å². The summed E-state index contributed by atoms with van der Waals surface area (Å²) in [7, 11) is 2.33. The second-order valence-corrected chi connectivity index (χ2v) is 7.97. The van der Waals surface area contributed by atoms with Gasteiger partial charge in [0.15, 0.2) is 7.28 Å². The molecule has 1 atom stereocenters. The van der Waals surface area contributed by atoms with Crippen LogP contribution in [0.25, 0.3) is 0 Å². The molecule has 0 amide bonds. The van der Waals surface area contributed by atoms with Crippen LogP contribution in [0.2, 0.25) is 5.31 Å². The van der Waals surface area contributed by atoms with Crippen molar-refractivity contribution in [3.05, 3.63) is 0 Å². The highest BCUT2D eigenvalue weighted by molar-refractivity contribution is 6.43. The van der Waals surface area contributed by atoms with Crippen molar-refractivity contribution in [2.24, 2.45) is 5.92 Å². The van der Waals surface area contributed by atoms with Crippen molar-refractivity contribution >= 4 is 7.28 Å². The van der Waals surface area contributed by atoms with E-state index in [0.717, 1.165) is 19.4 Å². The van der Waals surface area contributed by atoms with E-state index in [2.05, 4.69) is 69.6 Å². The Labute approximate surface area is 128 Å². The lowest BCUT2D eigenvalue weighted by atomic mass is 9.44. The van der Waals surface area contributed by atoms with E-state index in [1.165, 1.54) is 0 Å². The Morgan fingerprint density at radius 1 is 0.950 bits per heavy atom. The van der Waals surface area contributed by atoms with Crippen LogP contribution in [0.5, 0.6) is 0 Å². The second-order valence-electron chi connectivity index (χ2n) is 7.97. The van der Waals surface area contributed by atoms with Crippen LogP contribution >= 0.6 is 0 Å². The highest BCUT2D eigenvalue weighted by atomic mass is 16.5. The monoisotopic (exact) mass is 283 g/mol. The zero-order valence-electron chi connectivity index (χ0n) is 15.2. The first-order valence-electron chi connectivity index (χ1n) is 8.10. The van der Waals surface area contributed by atoms with Crippen molar-refractivity contribution in [3.63, 3.8) is 0 Å². The van der Waals surface area contributed by atoms with Gasteiger partial charge in [0.2, 0.25) is 0 Å². The minimum Gasteiger partial charge on any atom is -0.385 e. The summed E-state index contributed by atoms with van der Waals surface area (Å²) in [6, 6.07) is 0. The summed E-state index contributed by atoms with van der Waals surface area (Å²) in [6.45, 7) is 20.5. The van der Waals surface area contributed by atoms with Gasteiger partial charge in [-0.1, -0.05) is 33.0 Å². The maximum absolute atomic E-state index is 6.04. The van der Waals surface area contributed by atoms with Crippen molar-refractivity contribution in [2.45, 2.75) is 98.2 Å². The summed E-state index contributed by atoms with van der Waals surface area (Å²) in [5.41, 5.74) is -0.185. The van der Waals surface area contributed by atoms with Gasteiger partial charge in [-0.05, 0) is 53.4 Å². The Hall–Kier alpha value is -0.0151. The maximum Gasteiger partial charge on any atom is 0.160 e. The molecule has 0 aliphatic rings. The molecule has 0 fully saturated rings. The fourth-order valence-corrected chi connectivity index (χ4v) is 2.85. The summed E-state index contributed by atoms with van der Waals surface area (Å²) in [5, 5.41) is 0.107. The summed E-state index contributed by atoms with van der Waals surface area (Å²) >= 11 is 0. The predicted molar refractivity (Wildman–Crippen MR) is 89.6 cm³/mol. The molecule has 0 spiro atoms. The van der Waals surface area contributed by atoms with Crippen LogP contribution in [-0.4, -0.2) is 31.6 Å². The topological polar surface area (TPSA) is 18.5 Å². The van der Waals surface area contributed by atoms with Gasteiger partial charge in [0, 0.05) is 12.1 Å². The van der Waals surface area contributed by atoms with E-state index in [0.29, 0.717) is 5.92 Å². The third kappa shape index (κ3) is 10.7. The number of rotatable bonds is 10. The molecule has 1 unspecified atom stereocenters. The lowest BCUT2D eigenvalue weighted by Crippen LogP contribution is -2.40. The average Bonchev–Trinajstić information content (AvgIpc) is 2.10. The lowest BCUT2D eigenvalue weighted by molar-refractivity contribution is 0.00630. The van der Waals surface area contributed by atoms with Crippen LogP contribution in [0.15, 0.2) is 0 Å². The molecule has 0 aromatic rings. The molecule has 2 nitrogen and oxygen atoms in total. The third-order valence-corrected chi connectivity index (χ3v) is 3.23. The van der Waals surface area contributed by atoms with Gasteiger partial charge in [-0.15, -0.1) is 0 Å². The normalized spacial score (nSPS) is 14.9. The smallest absolute Gasteiger partial charge is 0.160 e. The van der Waals surface area contributed by atoms with Crippen molar-refractivity contribution < 1.29 is 9.47 Å². The molecule has 119 valence electrons. The standard InChI is InChI=1S/C17H36BO2/c1-13(2)10-11-19-17(8,9)18-16(6,7)12-15(5)20-14(3)4/h13-15H,10-12H2,1-9H3. The zero-order valence-corrected chi connectivity index (χ0v) is 15.2. The van der Waals surface area contributed by atoms with E-state index in [1.54, 1.807) is 0 Å². The van der Waals surface area contributed by atoms with Gasteiger partial charge in [0.25, 0.3) is 0 Å². The van der Waals surface area contributed by atoms with Gasteiger partial charge in [-0.2, -0.15) is 0 Å². The molecule has 0 rings (SSSR count). The van der Waals surface area contributed by atoms with E-state index in [9.17, 15) is 0 Å². The van der Waals surface area contributed by atoms with Crippen molar-refractivity contribution in [1.29, 1.82) is 0 Å². The van der Waals surface area contributed by atoms with Crippen LogP contribution < -0.4 is 0 Å². The molecule has 0 aliphatic carbocycles. The van der Waals surface area contributed by atoms with Crippen molar-refractivity contribution in [3.8, 4) is 0 Å². The summed E-state index contributed by atoms with van der Waals surface area (Å²) in [6.07, 6.45) is 2.69. The van der Waals surface area contributed by atoms with E-state index in [-0.39, 0.29) is 23.0 Å². The lowest BCUT2D eigenvalue weighted by Gasteiger charge is -2.36. The zero-order chi connectivity index (χ0) is 16.0. The van der Waals surface area contributed by atoms with Gasteiger partial charge in [-0.3, -0.25) is 0 Å². The SMILES string of the molecule is CC(C)CCOC(C)(C)[B]C(C)(C)CC(C)OC(C)C. The van der Waals surface area contributed by atoms with Crippen LogP contribution in [-0.2, 0) is 9.47 Å². The molecular weight excluding hydrogens is 247 g/mol. The number of hydrogen-bond acceptors (Lipinski definition) is 2. The molecule has 0 heterocycles. The Bertz CT molecular complexity index is 260. The van der Waals surface area contributed by atoms with E-state index in [4.69, 9.17) is 9.47 Å². The van der Waals surface area contributed by atoms with Crippen LogP contribution in [0.3, 0.4) is 0 Å². The Kier molecular flexibility index (Phi) is 8.43. The highest BCUT2D eigenvalue weighted by Crippen LogP contribution is 2.34. The first-order chi connectivity index (χ1) is 8.93. The molecule has 1 radical (unpaired) electrons. The van der Waals surface area contributed by atoms with E-state index in [1.807, 2.05) is 0 Å². The minimum absolute atomic E-state index is 0.107. The molecule has 0 aliphatic heterocycles. The maximum atomic E-state index is 6.04. The largest absolute Gasteiger partial charge is 0.385 e. The Balaban J connectivity index is 4.27. The summed E-state index contributed by atoms with van der Waals surface area (Å²) < 4.78 is 11.9. The second kappa shape index (κ2) is 8.43. The van der Waals surface area contributed by atoms with Crippen molar-refractivity contribution in [2.75, 3.05) is 6.61 Å². The van der Waals surface area contributed by atoms with Gasteiger partial charge in [-0.25, -0.2) is 0 Å². The minimum atomic E-state index is -0.185. The molecule has 0 N–H and O–H groups in total. The third-order valence-electron chi connectivity index (χ3n) is 3.23. The summed E-state index contributed by atoms with van der Waals surface area (Å²) in [5.74, 6) is 0.693. The van der Waals surface area contributed by atoms with E-state index >= 15 is 0 Å². The first kappa shape index (κ1) is 20.0. The molecule has 0 aromatic carbocycles. The predicted octanol–water partition coefficient (Wildman–Crippen LogP) is 4.89. The number of hydrogen-bond donors (Lipinski definition) is 0. The van der Waals surface area contributed by atoms with Gasteiger partial charge in [0.1, 0.15) is 0 Å².